The molecule has 0 fully saturated rings. The predicted octanol–water partition coefficient (Wildman–Crippen LogP) is 3.17. The van der Waals surface area contributed by atoms with E-state index in [-0.39, 0.29) is 0 Å². The van der Waals surface area contributed by atoms with Crippen LogP contribution in [-0.2, 0) is 0 Å². The SMILES string of the molecule is CC(C)C(C)c1ccc2c(c1)OCO2. The Labute approximate surface area is 84.8 Å². The van der Waals surface area contributed by atoms with E-state index in [2.05, 4.69) is 32.9 Å². The van der Waals surface area contributed by atoms with Crippen molar-refractivity contribution < 1.29 is 9.47 Å². The minimum atomic E-state index is 0.356. The lowest BCUT2D eigenvalue weighted by molar-refractivity contribution is 0.174. The van der Waals surface area contributed by atoms with Crippen LogP contribution in [0.3, 0.4) is 0 Å². The summed E-state index contributed by atoms with van der Waals surface area (Å²) in [7, 11) is 0. The van der Waals surface area contributed by atoms with Gasteiger partial charge in [0.15, 0.2) is 11.5 Å². The first-order valence-corrected chi connectivity index (χ1v) is 5.08. The summed E-state index contributed by atoms with van der Waals surface area (Å²) in [4.78, 5) is 0. The summed E-state index contributed by atoms with van der Waals surface area (Å²) in [5.74, 6) is 2.96. The number of ether oxygens (including phenoxy) is 2. The lowest BCUT2D eigenvalue weighted by Gasteiger charge is -2.15. The first-order valence-electron chi connectivity index (χ1n) is 5.08. The summed E-state index contributed by atoms with van der Waals surface area (Å²) in [6.07, 6.45) is 0. The van der Waals surface area contributed by atoms with Gasteiger partial charge in [0.2, 0.25) is 6.79 Å². The van der Waals surface area contributed by atoms with Crippen molar-refractivity contribution in [1.29, 1.82) is 0 Å². The Kier molecular flexibility index (Phi) is 2.36. The Hall–Kier alpha value is -1.18. The molecule has 14 heavy (non-hydrogen) atoms. The maximum Gasteiger partial charge on any atom is 0.231 e. The van der Waals surface area contributed by atoms with Gasteiger partial charge in [-0.2, -0.15) is 0 Å². The third-order valence-corrected chi connectivity index (χ3v) is 2.92. The van der Waals surface area contributed by atoms with Crippen LogP contribution in [0.4, 0.5) is 0 Å². The van der Waals surface area contributed by atoms with Crippen LogP contribution in [-0.4, -0.2) is 6.79 Å². The van der Waals surface area contributed by atoms with Crippen LogP contribution in [0.5, 0.6) is 11.5 Å². The standard InChI is InChI=1S/C12H16O2/c1-8(2)9(3)10-4-5-11-12(6-10)14-7-13-11/h4-6,8-9H,7H2,1-3H3. The molecule has 0 bridgehead atoms. The Balaban J connectivity index is 2.28. The van der Waals surface area contributed by atoms with Gasteiger partial charge >= 0.3 is 0 Å². The summed E-state index contributed by atoms with van der Waals surface area (Å²) >= 11 is 0. The molecule has 1 aromatic rings. The molecule has 0 radical (unpaired) electrons. The zero-order valence-electron chi connectivity index (χ0n) is 8.91. The van der Waals surface area contributed by atoms with Crippen LogP contribution >= 0.6 is 0 Å². The molecule has 1 aromatic carbocycles. The molecule has 76 valence electrons. The molecule has 2 rings (SSSR count). The molecule has 0 amide bonds. The van der Waals surface area contributed by atoms with Crippen molar-refractivity contribution in [2.45, 2.75) is 26.7 Å². The van der Waals surface area contributed by atoms with Gasteiger partial charge in [0.1, 0.15) is 0 Å². The highest BCUT2D eigenvalue weighted by Crippen LogP contribution is 2.36. The molecule has 0 saturated heterocycles. The lowest BCUT2D eigenvalue weighted by Crippen LogP contribution is -2.01. The third-order valence-electron chi connectivity index (χ3n) is 2.92. The van der Waals surface area contributed by atoms with Crippen LogP contribution in [0.15, 0.2) is 18.2 Å². The van der Waals surface area contributed by atoms with E-state index in [9.17, 15) is 0 Å². The topological polar surface area (TPSA) is 18.5 Å². The fourth-order valence-corrected chi connectivity index (χ4v) is 1.58. The molecule has 0 N–H and O–H groups in total. The van der Waals surface area contributed by atoms with E-state index in [4.69, 9.17) is 9.47 Å². The summed E-state index contributed by atoms with van der Waals surface area (Å²) in [5, 5.41) is 0. The molecule has 1 aliphatic rings. The first kappa shape index (κ1) is 9.38. The van der Waals surface area contributed by atoms with Crippen LogP contribution in [0.2, 0.25) is 0 Å². The van der Waals surface area contributed by atoms with Crippen molar-refractivity contribution in [3.05, 3.63) is 23.8 Å². The molecular formula is C12H16O2. The third kappa shape index (κ3) is 1.57. The Morgan fingerprint density at radius 3 is 2.50 bits per heavy atom. The second-order valence-electron chi connectivity index (χ2n) is 4.15. The van der Waals surface area contributed by atoms with Crippen molar-refractivity contribution in [1.82, 2.24) is 0 Å². The average Bonchev–Trinajstić information content (AvgIpc) is 2.62. The monoisotopic (exact) mass is 192 g/mol. The Morgan fingerprint density at radius 1 is 1.07 bits per heavy atom. The number of rotatable bonds is 2. The van der Waals surface area contributed by atoms with Gasteiger partial charge in [0.25, 0.3) is 0 Å². The quantitative estimate of drug-likeness (QED) is 0.716. The molecule has 1 unspecified atom stereocenters. The zero-order valence-corrected chi connectivity index (χ0v) is 8.91. The summed E-state index contributed by atoms with van der Waals surface area (Å²) in [6.45, 7) is 7.06. The molecule has 1 heterocycles. The van der Waals surface area contributed by atoms with E-state index in [1.165, 1.54) is 5.56 Å². The zero-order chi connectivity index (χ0) is 10.1. The highest BCUT2D eigenvalue weighted by atomic mass is 16.7. The molecule has 1 atom stereocenters. The van der Waals surface area contributed by atoms with E-state index in [0.29, 0.717) is 18.6 Å². The highest BCUT2D eigenvalue weighted by Gasteiger charge is 2.16. The second kappa shape index (κ2) is 3.52. The molecule has 1 aliphatic heterocycles. The van der Waals surface area contributed by atoms with E-state index in [1.807, 2.05) is 6.07 Å². The van der Waals surface area contributed by atoms with E-state index in [1.54, 1.807) is 0 Å². The number of fused-ring (bicyclic) bond motifs is 1. The van der Waals surface area contributed by atoms with E-state index in [0.717, 1.165) is 11.5 Å². The average molecular weight is 192 g/mol. The molecule has 0 spiro atoms. The van der Waals surface area contributed by atoms with Crippen molar-refractivity contribution in [3.63, 3.8) is 0 Å². The fourth-order valence-electron chi connectivity index (χ4n) is 1.58. The van der Waals surface area contributed by atoms with Gasteiger partial charge in [-0.15, -0.1) is 0 Å². The van der Waals surface area contributed by atoms with E-state index >= 15 is 0 Å². The molecule has 2 heteroatoms. The van der Waals surface area contributed by atoms with E-state index < -0.39 is 0 Å². The molecule has 0 saturated carbocycles. The van der Waals surface area contributed by atoms with Crippen LogP contribution in [0, 0.1) is 5.92 Å². The predicted molar refractivity (Wildman–Crippen MR) is 55.8 cm³/mol. The Morgan fingerprint density at radius 2 is 1.79 bits per heavy atom. The van der Waals surface area contributed by atoms with Crippen molar-refractivity contribution in [2.24, 2.45) is 5.92 Å². The summed E-state index contributed by atoms with van der Waals surface area (Å²) < 4.78 is 10.6. The highest BCUT2D eigenvalue weighted by molar-refractivity contribution is 5.45. The summed E-state index contributed by atoms with van der Waals surface area (Å²) in [6, 6.07) is 6.21. The number of hydrogen-bond acceptors (Lipinski definition) is 2. The van der Waals surface area contributed by atoms with Crippen molar-refractivity contribution in [2.75, 3.05) is 6.79 Å². The smallest absolute Gasteiger partial charge is 0.231 e. The van der Waals surface area contributed by atoms with Gasteiger partial charge in [-0.05, 0) is 29.5 Å². The number of hydrogen-bond donors (Lipinski definition) is 0. The molecule has 2 nitrogen and oxygen atoms in total. The molecular weight excluding hydrogens is 176 g/mol. The maximum absolute atomic E-state index is 5.35. The van der Waals surface area contributed by atoms with Gasteiger partial charge in [-0.25, -0.2) is 0 Å². The van der Waals surface area contributed by atoms with Crippen molar-refractivity contribution >= 4 is 0 Å². The lowest BCUT2D eigenvalue weighted by atomic mass is 9.90. The van der Waals surface area contributed by atoms with Crippen molar-refractivity contribution in [3.8, 4) is 11.5 Å². The second-order valence-corrected chi connectivity index (χ2v) is 4.15. The van der Waals surface area contributed by atoms with Gasteiger partial charge in [0, 0.05) is 0 Å². The fraction of sp³-hybridized carbons (Fsp3) is 0.500. The summed E-state index contributed by atoms with van der Waals surface area (Å²) in [5.41, 5.74) is 1.32. The van der Waals surface area contributed by atoms with Crippen LogP contribution in [0.1, 0.15) is 32.3 Å². The first-order chi connectivity index (χ1) is 6.68. The van der Waals surface area contributed by atoms with Gasteiger partial charge in [-0.1, -0.05) is 26.8 Å². The molecule has 0 aromatic heterocycles. The Bertz CT molecular complexity index is 331. The number of benzene rings is 1. The minimum absolute atomic E-state index is 0.356. The van der Waals surface area contributed by atoms with Gasteiger partial charge < -0.3 is 9.47 Å². The molecule has 0 aliphatic carbocycles. The van der Waals surface area contributed by atoms with Gasteiger partial charge in [-0.3, -0.25) is 0 Å². The maximum atomic E-state index is 5.35. The van der Waals surface area contributed by atoms with Crippen LogP contribution < -0.4 is 9.47 Å². The largest absolute Gasteiger partial charge is 0.454 e. The van der Waals surface area contributed by atoms with Crippen LogP contribution in [0.25, 0.3) is 0 Å². The van der Waals surface area contributed by atoms with Gasteiger partial charge in [0.05, 0.1) is 0 Å². The minimum Gasteiger partial charge on any atom is -0.454 e. The normalized spacial score (nSPS) is 16.0.